The summed E-state index contributed by atoms with van der Waals surface area (Å²) >= 11 is 0. The van der Waals surface area contributed by atoms with Crippen molar-refractivity contribution in [2.24, 2.45) is 5.92 Å². The van der Waals surface area contributed by atoms with Gasteiger partial charge in [0, 0.05) is 5.92 Å². The largest absolute Gasteiger partial charge is 0.465 e. The van der Waals surface area contributed by atoms with Crippen LogP contribution in [0, 0.1) is 5.92 Å². The van der Waals surface area contributed by atoms with Crippen LogP contribution in [0.2, 0.25) is 0 Å². The van der Waals surface area contributed by atoms with E-state index >= 15 is 0 Å². The Morgan fingerprint density at radius 3 is 2.90 bits per heavy atom. The normalized spacial score (nSPS) is 21.6. The maximum absolute atomic E-state index is 12.1. The van der Waals surface area contributed by atoms with Crippen LogP contribution in [0.5, 0.6) is 0 Å². The fraction of sp³-hybridized carbons (Fsp3) is 0.300. The molecule has 150 valence electrons. The van der Waals surface area contributed by atoms with Gasteiger partial charge in [0.25, 0.3) is 5.56 Å². The van der Waals surface area contributed by atoms with Crippen LogP contribution in [0.3, 0.4) is 0 Å². The summed E-state index contributed by atoms with van der Waals surface area (Å²) in [5.74, 6) is -0.801. The molecule has 0 radical (unpaired) electrons. The third kappa shape index (κ3) is 3.64. The molecule has 2 heterocycles. The summed E-state index contributed by atoms with van der Waals surface area (Å²) < 4.78 is 7.07. The van der Waals surface area contributed by atoms with Gasteiger partial charge in [0.05, 0.1) is 24.9 Å². The van der Waals surface area contributed by atoms with E-state index in [9.17, 15) is 14.7 Å². The van der Waals surface area contributed by atoms with Crippen LogP contribution in [0.25, 0.3) is 11.2 Å². The minimum absolute atomic E-state index is 0.0141. The number of aliphatic hydroxyl groups excluding tert-OH is 1. The fourth-order valence-corrected chi connectivity index (χ4v) is 3.72. The molecule has 0 amide bonds. The number of nitrogens with two attached hydrogens (primary N) is 1. The molecule has 1 fully saturated rings. The van der Waals surface area contributed by atoms with Gasteiger partial charge in [-0.15, -0.1) is 0 Å². The third-order valence-electron chi connectivity index (χ3n) is 5.24. The van der Waals surface area contributed by atoms with Crippen LogP contribution in [-0.4, -0.2) is 43.3 Å². The van der Waals surface area contributed by atoms with E-state index in [2.05, 4.69) is 21.5 Å². The molecule has 3 aromatic rings. The second-order valence-electron chi connectivity index (χ2n) is 7.12. The van der Waals surface area contributed by atoms with Crippen molar-refractivity contribution in [1.82, 2.24) is 19.5 Å². The van der Waals surface area contributed by atoms with E-state index in [1.807, 2.05) is 30.3 Å². The fourth-order valence-electron chi connectivity index (χ4n) is 3.72. The lowest BCUT2D eigenvalue weighted by atomic mass is 10.0. The van der Waals surface area contributed by atoms with Crippen LogP contribution in [0.1, 0.15) is 18.0 Å². The highest BCUT2D eigenvalue weighted by molar-refractivity contribution is 5.72. The number of hydrogen-bond acceptors (Lipinski definition) is 7. The van der Waals surface area contributed by atoms with Crippen molar-refractivity contribution in [3.63, 3.8) is 0 Å². The van der Waals surface area contributed by atoms with Gasteiger partial charge < -0.3 is 20.1 Å². The number of benzene rings is 1. The van der Waals surface area contributed by atoms with E-state index in [-0.39, 0.29) is 36.5 Å². The van der Waals surface area contributed by atoms with Gasteiger partial charge >= 0.3 is 5.97 Å². The van der Waals surface area contributed by atoms with E-state index < -0.39 is 17.6 Å². The highest BCUT2D eigenvalue weighted by Gasteiger charge is 2.39. The molecule has 1 saturated carbocycles. The number of hydrogen-bond donors (Lipinski definition) is 3. The van der Waals surface area contributed by atoms with Gasteiger partial charge in [-0.3, -0.25) is 14.6 Å². The molecule has 0 saturated heterocycles. The first-order valence-electron chi connectivity index (χ1n) is 9.22. The zero-order valence-electron chi connectivity index (χ0n) is 15.6. The number of anilines is 1. The molecule has 1 aromatic carbocycles. The Morgan fingerprint density at radius 1 is 1.38 bits per heavy atom. The summed E-state index contributed by atoms with van der Waals surface area (Å²) in [6.07, 6.45) is 1.25. The SMILES string of the molecule is C=C1C(COC(=O)Cc2ccccc2)C(O)CC1n1cnc2c(=O)[nH]c(N)nc21. The number of imidazole rings is 1. The lowest BCUT2D eigenvalue weighted by Gasteiger charge is -2.17. The van der Waals surface area contributed by atoms with Crippen molar-refractivity contribution in [1.29, 1.82) is 0 Å². The van der Waals surface area contributed by atoms with E-state index in [0.717, 1.165) is 5.56 Å². The van der Waals surface area contributed by atoms with Gasteiger partial charge in [-0.2, -0.15) is 4.98 Å². The topological polar surface area (TPSA) is 136 Å². The third-order valence-corrected chi connectivity index (χ3v) is 5.24. The zero-order chi connectivity index (χ0) is 20.5. The van der Waals surface area contributed by atoms with Crippen LogP contribution in [-0.2, 0) is 16.0 Å². The lowest BCUT2D eigenvalue weighted by Crippen LogP contribution is -2.22. The molecular weight excluding hydrogens is 374 g/mol. The first-order chi connectivity index (χ1) is 13.9. The molecule has 4 N–H and O–H groups in total. The quantitative estimate of drug-likeness (QED) is 0.432. The molecule has 1 aliphatic carbocycles. The Morgan fingerprint density at radius 2 is 2.14 bits per heavy atom. The maximum Gasteiger partial charge on any atom is 0.310 e. The van der Waals surface area contributed by atoms with Gasteiger partial charge in [0.1, 0.15) is 6.61 Å². The number of nitrogens with one attached hydrogen (secondary N) is 1. The van der Waals surface area contributed by atoms with Gasteiger partial charge in [0.2, 0.25) is 5.95 Å². The number of rotatable bonds is 5. The minimum Gasteiger partial charge on any atom is -0.465 e. The number of aromatic nitrogens is 4. The number of fused-ring (bicyclic) bond motifs is 1. The van der Waals surface area contributed by atoms with Crippen LogP contribution < -0.4 is 11.3 Å². The molecule has 9 nitrogen and oxygen atoms in total. The monoisotopic (exact) mass is 395 g/mol. The Bertz CT molecular complexity index is 1120. The number of carbonyl (C=O) groups is 1. The average molecular weight is 395 g/mol. The number of carbonyl (C=O) groups excluding carboxylic acids is 1. The van der Waals surface area contributed by atoms with Crippen molar-refractivity contribution in [3.8, 4) is 0 Å². The average Bonchev–Trinajstić information content (AvgIpc) is 3.22. The van der Waals surface area contributed by atoms with Crippen molar-refractivity contribution in [3.05, 3.63) is 64.7 Å². The first kappa shape index (κ1) is 18.9. The summed E-state index contributed by atoms with van der Waals surface area (Å²) in [7, 11) is 0. The molecule has 4 rings (SSSR count). The second kappa shape index (κ2) is 7.51. The number of esters is 1. The predicted octanol–water partition coefficient (Wildman–Crippen LogP) is 0.966. The summed E-state index contributed by atoms with van der Waals surface area (Å²) in [5, 5.41) is 10.5. The number of ether oxygens (including phenoxy) is 1. The first-order valence-corrected chi connectivity index (χ1v) is 9.22. The Balaban J connectivity index is 1.47. The summed E-state index contributed by atoms with van der Waals surface area (Å²) in [5.41, 5.74) is 7.26. The standard InChI is InChI=1S/C20H21N5O4/c1-11-13(9-29-16(27)7-12-5-3-2-4-6-12)15(26)8-14(11)25-10-22-17-18(25)23-20(21)24-19(17)28/h2-6,10,13-15,26H,1,7-9H2,(H3,21,23,24,28). The number of aliphatic hydroxyl groups is 1. The van der Waals surface area contributed by atoms with Gasteiger partial charge in [-0.1, -0.05) is 36.9 Å². The highest BCUT2D eigenvalue weighted by Crippen LogP contribution is 2.40. The van der Waals surface area contributed by atoms with Crippen LogP contribution in [0.15, 0.2) is 53.6 Å². The van der Waals surface area contributed by atoms with E-state index in [4.69, 9.17) is 10.5 Å². The molecule has 9 heteroatoms. The maximum atomic E-state index is 12.1. The Hall–Kier alpha value is -3.46. The molecule has 3 atom stereocenters. The second-order valence-corrected chi connectivity index (χ2v) is 7.12. The molecular formula is C20H21N5O4. The summed E-state index contributed by atoms with van der Waals surface area (Å²) in [4.78, 5) is 34.8. The van der Waals surface area contributed by atoms with E-state index in [0.29, 0.717) is 17.6 Å². The molecule has 1 aliphatic rings. The minimum atomic E-state index is -0.742. The predicted molar refractivity (Wildman–Crippen MR) is 106 cm³/mol. The summed E-state index contributed by atoms with van der Waals surface area (Å²) in [6, 6.07) is 8.97. The van der Waals surface area contributed by atoms with Crippen LogP contribution in [0.4, 0.5) is 5.95 Å². The molecule has 29 heavy (non-hydrogen) atoms. The van der Waals surface area contributed by atoms with Crippen molar-refractivity contribution < 1.29 is 14.6 Å². The van der Waals surface area contributed by atoms with Gasteiger partial charge in [0.15, 0.2) is 11.2 Å². The van der Waals surface area contributed by atoms with Crippen molar-refractivity contribution >= 4 is 23.1 Å². The molecule has 2 aromatic heterocycles. The van der Waals surface area contributed by atoms with E-state index in [1.54, 1.807) is 4.57 Å². The Labute approximate surface area is 165 Å². The molecule has 0 spiro atoms. The number of aromatic amines is 1. The van der Waals surface area contributed by atoms with Gasteiger partial charge in [-0.25, -0.2) is 4.98 Å². The van der Waals surface area contributed by atoms with Crippen LogP contribution >= 0.6 is 0 Å². The highest BCUT2D eigenvalue weighted by atomic mass is 16.5. The molecule has 0 aliphatic heterocycles. The van der Waals surface area contributed by atoms with Crippen molar-refractivity contribution in [2.45, 2.75) is 25.0 Å². The number of H-pyrrole nitrogens is 1. The number of nitrogen functional groups attached to an aromatic ring is 1. The zero-order valence-corrected chi connectivity index (χ0v) is 15.6. The van der Waals surface area contributed by atoms with E-state index in [1.165, 1.54) is 6.33 Å². The van der Waals surface area contributed by atoms with Gasteiger partial charge in [-0.05, 0) is 17.6 Å². The summed E-state index contributed by atoms with van der Waals surface area (Å²) in [6.45, 7) is 4.12. The Kier molecular flexibility index (Phi) is 4.89. The lowest BCUT2D eigenvalue weighted by molar-refractivity contribution is -0.144. The molecule has 3 unspecified atom stereocenters. The number of nitrogens with zero attached hydrogens (tertiary/aromatic N) is 3. The smallest absolute Gasteiger partial charge is 0.310 e. The van der Waals surface area contributed by atoms with Crippen molar-refractivity contribution in [2.75, 3.05) is 12.3 Å². The molecule has 0 bridgehead atoms.